The quantitative estimate of drug-likeness (QED) is 0.839. The molecule has 0 radical (unpaired) electrons. The summed E-state index contributed by atoms with van der Waals surface area (Å²) in [5.74, 6) is 0.967. The van der Waals surface area contributed by atoms with Gasteiger partial charge >= 0.3 is 0 Å². The second-order valence-corrected chi connectivity index (χ2v) is 4.14. The van der Waals surface area contributed by atoms with Crippen molar-refractivity contribution >= 4 is 17.3 Å². The van der Waals surface area contributed by atoms with Gasteiger partial charge in [0, 0.05) is 17.3 Å². The Labute approximate surface area is 117 Å². The molecule has 5 heteroatoms. The standard InChI is InChI=1S/C15H16N2O3/c1-19-12-7-8-13(14(9-12)20-2)17-15(18)10-3-5-11(16)6-4-10/h3-9H,16H2,1-2H3,(H,17,18). The molecular weight excluding hydrogens is 256 g/mol. The molecule has 0 spiro atoms. The minimum absolute atomic E-state index is 0.228. The Balaban J connectivity index is 2.21. The Morgan fingerprint density at radius 1 is 1.05 bits per heavy atom. The van der Waals surface area contributed by atoms with E-state index < -0.39 is 0 Å². The number of anilines is 2. The number of carbonyl (C=O) groups excluding carboxylic acids is 1. The van der Waals surface area contributed by atoms with Crippen LogP contribution in [0.3, 0.4) is 0 Å². The van der Waals surface area contributed by atoms with E-state index in [-0.39, 0.29) is 5.91 Å². The lowest BCUT2D eigenvalue weighted by atomic mass is 10.2. The van der Waals surface area contributed by atoms with E-state index in [1.807, 2.05) is 0 Å². The highest BCUT2D eigenvalue weighted by Gasteiger charge is 2.10. The van der Waals surface area contributed by atoms with Crippen molar-refractivity contribution < 1.29 is 14.3 Å². The summed E-state index contributed by atoms with van der Waals surface area (Å²) in [5, 5.41) is 2.79. The van der Waals surface area contributed by atoms with Crippen molar-refractivity contribution in [3.05, 3.63) is 48.0 Å². The van der Waals surface area contributed by atoms with E-state index in [4.69, 9.17) is 15.2 Å². The first-order chi connectivity index (χ1) is 9.63. The van der Waals surface area contributed by atoms with E-state index >= 15 is 0 Å². The number of methoxy groups -OCH3 is 2. The zero-order valence-corrected chi connectivity index (χ0v) is 11.3. The van der Waals surface area contributed by atoms with Crippen molar-refractivity contribution in [3.8, 4) is 11.5 Å². The van der Waals surface area contributed by atoms with Crippen molar-refractivity contribution in [3.63, 3.8) is 0 Å². The van der Waals surface area contributed by atoms with Crippen LogP contribution in [-0.2, 0) is 0 Å². The van der Waals surface area contributed by atoms with Gasteiger partial charge < -0.3 is 20.5 Å². The van der Waals surface area contributed by atoms with Crippen molar-refractivity contribution in [2.45, 2.75) is 0 Å². The van der Waals surface area contributed by atoms with Crippen LogP contribution in [0.1, 0.15) is 10.4 Å². The first-order valence-corrected chi connectivity index (χ1v) is 6.03. The van der Waals surface area contributed by atoms with Crippen LogP contribution in [0.25, 0.3) is 0 Å². The van der Waals surface area contributed by atoms with Crippen molar-refractivity contribution in [2.75, 3.05) is 25.3 Å². The lowest BCUT2D eigenvalue weighted by molar-refractivity contribution is 0.102. The smallest absolute Gasteiger partial charge is 0.255 e. The fourth-order valence-electron chi connectivity index (χ4n) is 1.73. The molecule has 0 saturated heterocycles. The van der Waals surface area contributed by atoms with Crippen molar-refractivity contribution in [1.82, 2.24) is 0 Å². The van der Waals surface area contributed by atoms with Crippen LogP contribution < -0.4 is 20.5 Å². The molecule has 0 aliphatic heterocycles. The number of nitrogens with one attached hydrogen (secondary N) is 1. The Bertz CT molecular complexity index is 609. The second kappa shape index (κ2) is 5.97. The maximum absolute atomic E-state index is 12.1. The van der Waals surface area contributed by atoms with Gasteiger partial charge in [-0.15, -0.1) is 0 Å². The topological polar surface area (TPSA) is 73.6 Å². The zero-order valence-electron chi connectivity index (χ0n) is 11.3. The highest BCUT2D eigenvalue weighted by molar-refractivity contribution is 6.05. The highest BCUT2D eigenvalue weighted by atomic mass is 16.5. The fraction of sp³-hybridized carbons (Fsp3) is 0.133. The molecule has 0 bridgehead atoms. The van der Waals surface area contributed by atoms with Crippen LogP contribution in [0.15, 0.2) is 42.5 Å². The first kappa shape index (κ1) is 13.7. The number of nitrogens with two attached hydrogens (primary N) is 1. The van der Waals surface area contributed by atoms with Gasteiger partial charge in [0.05, 0.1) is 19.9 Å². The Hall–Kier alpha value is -2.69. The van der Waals surface area contributed by atoms with Crippen LogP contribution >= 0.6 is 0 Å². The fourth-order valence-corrected chi connectivity index (χ4v) is 1.73. The van der Waals surface area contributed by atoms with Gasteiger partial charge in [0.25, 0.3) is 5.91 Å². The second-order valence-electron chi connectivity index (χ2n) is 4.14. The normalized spacial score (nSPS) is 9.90. The molecule has 0 aliphatic carbocycles. The summed E-state index contributed by atoms with van der Waals surface area (Å²) in [5.41, 5.74) is 7.31. The SMILES string of the molecule is COc1ccc(NC(=O)c2ccc(N)cc2)c(OC)c1. The molecular formula is C15H16N2O3. The van der Waals surface area contributed by atoms with Crippen LogP contribution in [0.4, 0.5) is 11.4 Å². The molecule has 104 valence electrons. The van der Waals surface area contributed by atoms with E-state index in [2.05, 4.69) is 5.32 Å². The third kappa shape index (κ3) is 3.00. The molecule has 20 heavy (non-hydrogen) atoms. The van der Waals surface area contributed by atoms with Gasteiger partial charge in [-0.3, -0.25) is 4.79 Å². The van der Waals surface area contributed by atoms with E-state index in [0.29, 0.717) is 28.4 Å². The van der Waals surface area contributed by atoms with Crippen molar-refractivity contribution in [2.24, 2.45) is 0 Å². The molecule has 2 aromatic carbocycles. The number of rotatable bonds is 4. The number of hydrogen-bond acceptors (Lipinski definition) is 4. The third-order valence-electron chi connectivity index (χ3n) is 2.83. The summed E-state index contributed by atoms with van der Waals surface area (Å²) in [7, 11) is 3.11. The molecule has 0 saturated carbocycles. The maximum Gasteiger partial charge on any atom is 0.255 e. The number of hydrogen-bond donors (Lipinski definition) is 2. The van der Waals surface area contributed by atoms with Gasteiger partial charge in [-0.2, -0.15) is 0 Å². The first-order valence-electron chi connectivity index (χ1n) is 6.03. The van der Waals surface area contributed by atoms with E-state index in [1.54, 1.807) is 49.6 Å². The number of carbonyl (C=O) groups is 1. The molecule has 5 nitrogen and oxygen atoms in total. The molecule has 0 aliphatic rings. The lowest BCUT2D eigenvalue weighted by Gasteiger charge is -2.11. The molecule has 0 fully saturated rings. The van der Waals surface area contributed by atoms with Crippen LogP contribution in [-0.4, -0.2) is 20.1 Å². The van der Waals surface area contributed by atoms with Crippen molar-refractivity contribution in [1.29, 1.82) is 0 Å². The number of ether oxygens (including phenoxy) is 2. The Morgan fingerprint density at radius 3 is 2.35 bits per heavy atom. The predicted molar refractivity (Wildman–Crippen MR) is 78.4 cm³/mol. The van der Waals surface area contributed by atoms with Crippen LogP contribution in [0, 0.1) is 0 Å². The van der Waals surface area contributed by atoms with Gasteiger partial charge in [0.2, 0.25) is 0 Å². The molecule has 0 atom stereocenters. The summed E-state index contributed by atoms with van der Waals surface area (Å²) < 4.78 is 10.3. The molecule has 2 aromatic rings. The highest BCUT2D eigenvalue weighted by Crippen LogP contribution is 2.29. The summed E-state index contributed by atoms with van der Waals surface area (Å²) >= 11 is 0. The summed E-state index contributed by atoms with van der Waals surface area (Å²) in [4.78, 5) is 12.1. The predicted octanol–water partition coefficient (Wildman–Crippen LogP) is 2.54. The number of amides is 1. The molecule has 0 unspecified atom stereocenters. The monoisotopic (exact) mass is 272 g/mol. The van der Waals surface area contributed by atoms with Gasteiger partial charge in [-0.1, -0.05) is 0 Å². The van der Waals surface area contributed by atoms with Gasteiger partial charge in [0.15, 0.2) is 0 Å². The van der Waals surface area contributed by atoms with E-state index in [9.17, 15) is 4.79 Å². The molecule has 3 N–H and O–H groups in total. The summed E-state index contributed by atoms with van der Waals surface area (Å²) in [6.45, 7) is 0. The molecule has 0 aromatic heterocycles. The average Bonchev–Trinajstić information content (AvgIpc) is 2.48. The largest absolute Gasteiger partial charge is 0.497 e. The Morgan fingerprint density at radius 2 is 1.75 bits per heavy atom. The van der Waals surface area contributed by atoms with E-state index in [1.165, 1.54) is 7.11 Å². The minimum atomic E-state index is -0.228. The number of nitrogen functional groups attached to an aromatic ring is 1. The Kier molecular flexibility index (Phi) is 4.10. The summed E-state index contributed by atoms with van der Waals surface area (Å²) in [6.07, 6.45) is 0. The van der Waals surface area contributed by atoms with Gasteiger partial charge in [-0.05, 0) is 36.4 Å². The molecule has 1 amide bonds. The molecule has 0 heterocycles. The maximum atomic E-state index is 12.1. The zero-order chi connectivity index (χ0) is 14.5. The van der Waals surface area contributed by atoms with Gasteiger partial charge in [-0.25, -0.2) is 0 Å². The van der Waals surface area contributed by atoms with Crippen LogP contribution in [0.5, 0.6) is 11.5 Å². The molecule has 2 rings (SSSR count). The lowest BCUT2D eigenvalue weighted by Crippen LogP contribution is -2.12. The van der Waals surface area contributed by atoms with E-state index in [0.717, 1.165) is 0 Å². The van der Waals surface area contributed by atoms with Gasteiger partial charge in [0.1, 0.15) is 11.5 Å². The minimum Gasteiger partial charge on any atom is -0.497 e. The summed E-state index contributed by atoms with van der Waals surface area (Å²) in [6, 6.07) is 11.9. The third-order valence-corrected chi connectivity index (χ3v) is 2.83. The van der Waals surface area contributed by atoms with Crippen LogP contribution in [0.2, 0.25) is 0 Å². The number of benzene rings is 2. The average molecular weight is 272 g/mol.